The molecule has 2 aromatic rings. The average molecular weight is 334 g/mol. The number of methoxy groups -OCH3 is 2. The zero-order chi connectivity index (χ0) is 17.5. The molecule has 1 atom stereocenters. The Morgan fingerprint density at radius 2 is 2.08 bits per heavy atom. The van der Waals surface area contributed by atoms with Crippen molar-refractivity contribution in [3.63, 3.8) is 0 Å². The van der Waals surface area contributed by atoms with E-state index in [1.54, 1.807) is 24.3 Å². The van der Waals surface area contributed by atoms with Gasteiger partial charge in [0.2, 0.25) is 5.91 Å². The number of rotatable bonds is 8. The molecule has 1 aromatic heterocycles. The van der Waals surface area contributed by atoms with E-state index in [2.05, 4.69) is 15.0 Å². The van der Waals surface area contributed by atoms with Crippen LogP contribution in [0.5, 0.6) is 11.5 Å². The minimum atomic E-state index is -1.04. The van der Waals surface area contributed by atoms with Crippen LogP contribution in [-0.2, 0) is 16.0 Å². The minimum Gasteiger partial charge on any atom is -0.497 e. The molecule has 2 rings (SSSR count). The highest BCUT2D eigenvalue weighted by molar-refractivity contribution is 5.79. The average Bonchev–Trinajstić information content (AvgIpc) is 3.05. The van der Waals surface area contributed by atoms with Crippen molar-refractivity contribution in [2.45, 2.75) is 18.9 Å². The maximum absolute atomic E-state index is 12.1. The number of ether oxygens (including phenoxy) is 2. The molecule has 8 heteroatoms. The predicted octanol–water partition coefficient (Wildman–Crippen LogP) is 1.57. The Morgan fingerprint density at radius 3 is 2.67 bits per heavy atom. The van der Waals surface area contributed by atoms with Crippen LogP contribution in [0.2, 0.25) is 0 Å². The summed E-state index contributed by atoms with van der Waals surface area (Å²) in [4.78, 5) is 23.3. The minimum absolute atomic E-state index is 0.00884. The topological polar surface area (TPSA) is 111 Å². The monoisotopic (exact) mass is 334 g/mol. The van der Waals surface area contributed by atoms with E-state index in [0.29, 0.717) is 22.8 Å². The van der Waals surface area contributed by atoms with Gasteiger partial charge in [0.05, 0.1) is 38.8 Å². The molecule has 0 spiro atoms. The Labute approximate surface area is 138 Å². The molecule has 0 saturated heterocycles. The van der Waals surface area contributed by atoms with E-state index in [-0.39, 0.29) is 18.7 Å². The van der Waals surface area contributed by atoms with Crippen molar-refractivity contribution >= 4 is 11.9 Å². The van der Waals surface area contributed by atoms with Gasteiger partial charge in [0.25, 0.3) is 0 Å². The molecule has 1 unspecified atom stereocenters. The third kappa shape index (κ3) is 4.48. The second-order valence-electron chi connectivity index (χ2n) is 4.99. The summed E-state index contributed by atoms with van der Waals surface area (Å²) in [6, 6.07) is 5.80. The van der Waals surface area contributed by atoms with Gasteiger partial charge in [0.15, 0.2) is 0 Å². The van der Waals surface area contributed by atoms with Crippen LogP contribution in [-0.4, -0.2) is 36.4 Å². The first-order chi connectivity index (χ1) is 11.5. The summed E-state index contributed by atoms with van der Waals surface area (Å²) in [5.41, 5.74) is 1.01. The van der Waals surface area contributed by atoms with E-state index in [1.807, 2.05) is 0 Å². The highest BCUT2D eigenvalue weighted by Gasteiger charge is 2.22. The molecule has 128 valence electrons. The Bertz CT molecular complexity index is 699. The Balaban J connectivity index is 2.21. The van der Waals surface area contributed by atoms with Crippen LogP contribution in [0.15, 0.2) is 35.1 Å². The number of carbonyl (C=O) groups is 2. The van der Waals surface area contributed by atoms with Crippen molar-refractivity contribution < 1.29 is 28.7 Å². The van der Waals surface area contributed by atoms with Crippen LogP contribution in [0.3, 0.4) is 0 Å². The summed E-state index contributed by atoms with van der Waals surface area (Å²) in [5, 5.41) is 15.5. The zero-order valence-electron chi connectivity index (χ0n) is 13.3. The first-order valence-electron chi connectivity index (χ1n) is 7.15. The number of hydrogen-bond donors (Lipinski definition) is 2. The van der Waals surface area contributed by atoms with Gasteiger partial charge in [-0.3, -0.25) is 9.59 Å². The number of aromatic nitrogens is 1. The Hall–Kier alpha value is -3.03. The molecule has 0 radical (unpaired) electrons. The van der Waals surface area contributed by atoms with Crippen molar-refractivity contribution in [2.24, 2.45) is 0 Å². The summed E-state index contributed by atoms with van der Waals surface area (Å²) >= 11 is 0. The molecule has 0 bridgehead atoms. The van der Waals surface area contributed by atoms with Gasteiger partial charge in [-0.1, -0.05) is 5.16 Å². The summed E-state index contributed by atoms with van der Waals surface area (Å²) in [6.07, 6.45) is 1.07. The molecule has 0 saturated carbocycles. The van der Waals surface area contributed by atoms with Crippen LogP contribution >= 0.6 is 0 Å². The number of nitrogens with zero attached hydrogens (tertiary/aromatic N) is 1. The first kappa shape index (κ1) is 17.3. The van der Waals surface area contributed by atoms with E-state index in [4.69, 9.17) is 14.6 Å². The SMILES string of the molecule is COc1ccc(C(CC(=O)O)NC(=O)Cc2ccon2)c(OC)c1. The second kappa shape index (κ2) is 8.00. The zero-order valence-corrected chi connectivity index (χ0v) is 13.3. The van der Waals surface area contributed by atoms with Crippen LogP contribution in [0.25, 0.3) is 0 Å². The summed E-state index contributed by atoms with van der Waals surface area (Å²) in [5.74, 6) is -0.409. The smallest absolute Gasteiger partial charge is 0.305 e. The molecule has 1 heterocycles. The highest BCUT2D eigenvalue weighted by atomic mass is 16.5. The number of carboxylic acid groups (broad SMARTS) is 1. The molecule has 8 nitrogen and oxygen atoms in total. The lowest BCUT2D eigenvalue weighted by Gasteiger charge is -2.20. The lowest BCUT2D eigenvalue weighted by Crippen LogP contribution is -2.31. The first-order valence-corrected chi connectivity index (χ1v) is 7.15. The summed E-state index contributed by atoms with van der Waals surface area (Å²) in [7, 11) is 2.98. The molecular weight excluding hydrogens is 316 g/mol. The van der Waals surface area contributed by atoms with Gasteiger partial charge in [-0.25, -0.2) is 0 Å². The molecular formula is C16H18N2O6. The van der Waals surface area contributed by atoms with Crippen LogP contribution in [0.4, 0.5) is 0 Å². The third-order valence-corrected chi connectivity index (χ3v) is 3.36. The molecule has 0 aliphatic heterocycles. The van der Waals surface area contributed by atoms with Crippen LogP contribution < -0.4 is 14.8 Å². The number of hydrogen-bond acceptors (Lipinski definition) is 6. The Kier molecular flexibility index (Phi) is 5.78. The van der Waals surface area contributed by atoms with Crippen molar-refractivity contribution in [1.29, 1.82) is 0 Å². The largest absolute Gasteiger partial charge is 0.497 e. The molecule has 2 N–H and O–H groups in total. The van der Waals surface area contributed by atoms with E-state index >= 15 is 0 Å². The molecule has 24 heavy (non-hydrogen) atoms. The second-order valence-corrected chi connectivity index (χ2v) is 4.99. The van der Waals surface area contributed by atoms with Gasteiger partial charge in [-0.15, -0.1) is 0 Å². The molecule has 0 aliphatic carbocycles. The summed E-state index contributed by atoms with van der Waals surface area (Å²) < 4.78 is 15.1. The van der Waals surface area contributed by atoms with E-state index in [0.717, 1.165) is 0 Å². The number of carbonyl (C=O) groups excluding carboxylic acids is 1. The van der Waals surface area contributed by atoms with Gasteiger partial charge < -0.3 is 24.4 Å². The quantitative estimate of drug-likeness (QED) is 0.753. The fourth-order valence-corrected chi connectivity index (χ4v) is 2.26. The van der Waals surface area contributed by atoms with Crippen molar-refractivity contribution in [3.05, 3.63) is 41.8 Å². The normalized spacial score (nSPS) is 11.6. The maximum Gasteiger partial charge on any atom is 0.305 e. The molecule has 1 amide bonds. The van der Waals surface area contributed by atoms with Gasteiger partial charge in [-0.2, -0.15) is 0 Å². The number of aliphatic carboxylic acids is 1. The standard InChI is InChI=1S/C16H18N2O6/c1-22-11-3-4-12(14(8-11)23-2)13(9-16(20)21)17-15(19)7-10-5-6-24-18-10/h3-6,8,13H,7,9H2,1-2H3,(H,17,19)(H,20,21). The van der Waals surface area contributed by atoms with Crippen molar-refractivity contribution in [1.82, 2.24) is 10.5 Å². The number of benzene rings is 1. The van der Waals surface area contributed by atoms with Gasteiger partial charge in [0, 0.05) is 17.7 Å². The van der Waals surface area contributed by atoms with E-state index in [1.165, 1.54) is 20.5 Å². The number of nitrogens with one attached hydrogen (secondary N) is 1. The van der Waals surface area contributed by atoms with E-state index < -0.39 is 12.0 Å². The fourth-order valence-electron chi connectivity index (χ4n) is 2.26. The molecule has 0 aliphatic rings. The highest BCUT2D eigenvalue weighted by Crippen LogP contribution is 2.31. The van der Waals surface area contributed by atoms with Crippen molar-refractivity contribution in [2.75, 3.05) is 14.2 Å². The Morgan fingerprint density at radius 1 is 1.29 bits per heavy atom. The van der Waals surface area contributed by atoms with Gasteiger partial charge in [0.1, 0.15) is 17.8 Å². The predicted molar refractivity (Wildman–Crippen MR) is 82.9 cm³/mol. The lowest BCUT2D eigenvalue weighted by molar-refractivity contribution is -0.137. The number of carboxylic acids is 1. The number of amides is 1. The maximum atomic E-state index is 12.1. The van der Waals surface area contributed by atoms with Crippen LogP contribution in [0, 0.1) is 0 Å². The molecule has 1 aromatic carbocycles. The van der Waals surface area contributed by atoms with Gasteiger partial charge >= 0.3 is 5.97 Å². The molecule has 0 fully saturated rings. The third-order valence-electron chi connectivity index (χ3n) is 3.36. The van der Waals surface area contributed by atoms with Crippen LogP contribution in [0.1, 0.15) is 23.7 Å². The van der Waals surface area contributed by atoms with Gasteiger partial charge in [-0.05, 0) is 12.1 Å². The fraction of sp³-hybridized carbons (Fsp3) is 0.312. The van der Waals surface area contributed by atoms with Crippen molar-refractivity contribution in [3.8, 4) is 11.5 Å². The van der Waals surface area contributed by atoms with E-state index in [9.17, 15) is 9.59 Å². The summed E-state index contributed by atoms with van der Waals surface area (Å²) in [6.45, 7) is 0. The lowest BCUT2D eigenvalue weighted by atomic mass is 10.0.